The van der Waals surface area contributed by atoms with E-state index in [4.69, 9.17) is 11.5 Å². The van der Waals surface area contributed by atoms with Crippen molar-refractivity contribution in [2.75, 3.05) is 0 Å². The van der Waals surface area contributed by atoms with Gasteiger partial charge in [0.2, 0.25) is 0 Å². The second-order valence-electron chi connectivity index (χ2n) is 2.44. The molecule has 0 radical (unpaired) electrons. The molecule has 4 heteroatoms. The van der Waals surface area contributed by atoms with Gasteiger partial charge in [-0.3, -0.25) is 16.5 Å². The van der Waals surface area contributed by atoms with Gasteiger partial charge in [-0.05, 0) is 17.7 Å². The molecule has 0 bridgehead atoms. The van der Waals surface area contributed by atoms with Gasteiger partial charge in [0.25, 0.3) is 0 Å². The molecule has 0 heterocycles. The summed E-state index contributed by atoms with van der Waals surface area (Å²) in [6, 6.07) is 6.24. The summed E-state index contributed by atoms with van der Waals surface area (Å²) in [5.74, 6) is -0.121. The van der Waals surface area contributed by atoms with Crippen LogP contribution >= 0.6 is 0 Å². The van der Waals surface area contributed by atoms with Gasteiger partial charge in [0.15, 0.2) is 0 Å². The third kappa shape index (κ3) is 2.57. The maximum absolute atomic E-state index is 12.6. The Hall–Kier alpha value is -1.58. The molecule has 0 spiro atoms. The maximum Gasteiger partial charge on any atom is 0.339 e. The van der Waals surface area contributed by atoms with E-state index in [2.05, 4.69) is 4.99 Å². The average molecular weight is 168 g/mol. The number of nitrogens with two attached hydrogens (primary N) is 2. The van der Waals surface area contributed by atoms with Crippen LogP contribution in [0.15, 0.2) is 24.3 Å². The summed E-state index contributed by atoms with van der Waals surface area (Å²) in [6.45, 7) is 0.445. The van der Waals surface area contributed by atoms with E-state index in [1.807, 2.05) is 0 Å². The van der Waals surface area contributed by atoms with E-state index >= 15 is 0 Å². The van der Waals surface area contributed by atoms with E-state index in [-0.39, 0.29) is 11.8 Å². The molecule has 1 aromatic carbocycles. The van der Waals surface area contributed by atoms with Crippen LogP contribution in [0.4, 0.5) is 4.39 Å². The summed E-state index contributed by atoms with van der Waals surface area (Å²) in [5, 5.41) is 0. The Morgan fingerprint density at radius 1 is 1.42 bits per heavy atom. The number of benzene rings is 1. The number of hydrogen-bond donors (Lipinski definition) is 3. The normalized spacial score (nSPS) is 9.42. The minimum Gasteiger partial charge on any atom is -0.291 e. The molecular weight excluding hydrogens is 157 g/mol. The zero-order valence-corrected chi connectivity index (χ0v) is 6.55. The Morgan fingerprint density at radius 2 is 2.17 bits per heavy atom. The molecule has 0 aromatic heterocycles. The monoisotopic (exact) mass is 168 g/mol. The average Bonchev–Trinajstić information content (AvgIpc) is 2.01. The predicted molar refractivity (Wildman–Crippen MR) is 44.4 cm³/mol. The van der Waals surface area contributed by atoms with Crippen LogP contribution in [0.2, 0.25) is 0 Å². The molecule has 12 heavy (non-hydrogen) atoms. The highest BCUT2D eigenvalue weighted by atomic mass is 19.1. The molecule has 3 nitrogen and oxygen atoms in total. The van der Waals surface area contributed by atoms with Crippen molar-refractivity contribution in [3.63, 3.8) is 0 Å². The molecule has 5 N–H and O–H groups in total. The highest BCUT2D eigenvalue weighted by Crippen LogP contribution is 2.00. The summed E-state index contributed by atoms with van der Waals surface area (Å²) < 4.78 is 12.6. The van der Waals surface area contributed by atoms with Crippen molar-refractivity contribution in [2.24, 2.45) is 11.5 Å². The standard InChI is InChI=1S/C8H10FN3/c9-7-3-1-2-6(4-7)5-12-8(10)11/h1-4H,5H2,(H4,10,11,12)/p+1. The number of nitrogens with one attached hydrogen (secondary N) is 1. The lowest BCUT2D eigenvalue weighted by atomic mass is 10.2. The van der Waals surface area contributed by atoms with Gasteiger partial charge in [0, 0.05) is 0 Å². The van der Waals surface area contributed by atoms with Gasteiger partial charge in [0.1, 0.15) is 5.82 Å². The van der Waals surface area contributed by atoms with E-state index in [0.29, 0.717) is 6.54 Å². The molecule has 0 atom stereocenters. The van der Waals surface area contributed by atoms with E-state index in [9.17, 15) is 4.39 Å². The fraction of sp³-hybridized carbons (Fsp3) is 0.125. The summed E-state index contributed by atoms with van der Waals surface area (Å²) >= 11 is 0. The number of rotatable bonds is 2. The fourth-order valence-corrected chi connectivity index (χ4v) is 0.851. The van der Waals surface area contributed by atoms with Crippen LogP contribution in [0.1, 0.15) is 5.56 Å². The molecule has 0 aliphatic heterocycles. The highest BCUT2D eigenvalue weighted by molar-refractivity contribution is 5.69. The molecule has 0 fully saturated rings. The maximum atomic E-state index is 12.6. The van der Waals surface area contributed by atoms with Crippen molar-refractivity contribution in [3.05, 3.63) is 35.6 Å². The molecule has 1 rings (SSSR count). The lowest BCUT2D eigenvalue weighted by Crippen LogP contribution is -2.76. The first-order valence-corrected chi connectivity index (χ1v) is 3.54. The van der Waals surface area contributed by atoms with Gasteiger partial charge in [0.05, 0.1) is 6.54 Å². The highest BCUT2D eigenvalue weighted by Gasteiger charge is 1.94. The Morgan fingerprint density at radius 3 is 2.75 bits per heavy atom. The van der Waals surface area contributed by atoms with Crippen LogP contribution in [0.3, 0.4) is 0 Å². The minimum atomic E-state index is -0.259. The first kappa shape index (κ1) is 8.52. The van der Waals surface area contributed by atoms with Crippen LogP contribution in [0.5, 0.6) is 0 Å². The Labute approximate surface area is 69.9 Å². The SMILES string of the molecule is NC(N)=[NH+]Cc1cccc(F)c1. The lowest BCUT2D eigenvalue weighted by Gasteiger charge is -1.94. The van der Waals surface area contributed by atoms with E-state index in [1.54, 1.807) is 12.1 Å². The van der Waals surface area contributed by atoms with Crippen molar-refractivity contribution in [1.29, 1.82) is 0 Å². The second kappa shape index (κ2) is 3.71. The van der Waals surface area contributed by atoms with Crippen LogP contribution in [0, 0.1) is 5.82 Å². The Bertz CT molecular complexity index is 292. The zero-order valence-electron chi connectivity index (χ0n) is 6.55. The Kier molecular flexibility index (Phi) is 2.63. The Balaban J connectivity index is 2.70. The van der Waals surface area contributed by atoms with Crippen LogP contribution in [0.25, 0.3) is 0 Å². The van der Waals surface area contributed by atoms with E-state index in [0.717, 1.165) is 5.56 Å². The second-order valence-corrected chi connectivity index (χ2v) is 2.44. The van der Waals surface area contributed by atoms with Crippen molar-refractivity contribution < 1.29 is 9.38 Å². The van der Waals surface area contributed by atoms with Crippen molar-refractivity contribution in [3.8, 4) is 0 Å². The summed E-state index contributed by atoms with van der Waals surface area (Å²) in [6.07, 6.45) is 0. The first-order valence-electron chi connectivity index (χ1n) is 3.54. The predicted octanol–water partition coefficient (Wildman–Crippen LogP) is -1.32. The first-order chi connectivity index (χ1) is 5.68. The third-order valence-corrected chi connectivity index (χ3v) is 1.39. The molecule has 64 valence electrons. The third-order valence-electron chi connectivity index (χ3n) is 1.39. The molecular formula is C8H11FN3+. The van der Waals surface area contributed by atoms with Gasteiger partial charge in [-0.2, -0.15) is 0 Å². The zero-order chi connectivity index (χ0) is 8.97. The lowest BCUT2D eigenvalue weighted by molar-refractivity contribution is -0.477. The van der Waals surface area contributed by atoms with Gasteiger partial charge < -0.3 is 0 Å². The molecule has 0 saturated heterocycles. The van der Waals surface area contributed by atoms with Crippen LogP contribution < -0.4 is 16.5 Å². The van der Waals surface area contributed by atoms with Crippen molar-refractivity contribution in [2.45, 2.75) is 6.54 Å². The summed E-state index contributed by atoms with van der Waals surface area (Å²) in [7, 11) is 0. The van der Waals surface area contributed by atoms with E-state index < -0.39 is 0 Å². The molecule has 0 unspecified atom stereocenters. The van der Waals surface area contributed by atoms with Crippen LogP contribution in [-0.4, -0.2) is 5.96 Å². The minimum absolute atomic E-state index is 0.138. The van der Waals surface area contributed by atoms with Crippen molar-refractivity contribution >= 4 is 5.96 Å². The number of guanidine groups is 1. The van der Waals surface area contributed by atoms with Crippen LogP contribution in [-0.2, 0) is 6.54 Å². The van der Waals surface area contributed by atoms with Gasteiger partial charge in [-0.15, -0.1) is 0 Å². The van der Waals surface area contributed by atoms with Gasteiger partial charge in [-0.1, -0.05) is 12.1 Å². The molecule has 1 aromatic rings. The fourth-order valence-electron chi connectivity index (χ4n) is 0.851. The smallest absolute Gasteiger partial charge is 0.291 e. The molecule has 0 saturated carbocycles. The molecule has 0 aliphatic rings. The topological polar surface area (TPSA) is 66.0 Å². The quantitative estimate of drug-likeness (QED) is 0.379. The number of hydrogen-bond acceptors (Lipinski definition) is 0. The van der Waals surface area contributed by atoms with E-state index in [1.165, 1.54) is 12.1 Å². The van der Waals surface area contributed by atoms with Gasteiger partial charge >= 0.3 is 5.96 Å². The summed E-state index contributed by atoms with van der Waals surface area (Å²) in [4.78, 5) is 2.69. The molecule has 0 aliphatic carbocycles. The number of halogens is 1. The van der Waals surface area contributed by atoms with Crippen molar-refractivity contribution in [1.82, 2.24) is 0 Å². The molecule has 0 amide bonds. The summed E-state index contributed by atoms with van der Waals surface area (Å²) in [5.41, 5.74) is 11.1. The largest absolute Gasteiger partial charge is 0.339 e. The van der Waals surface area contributed by atoms with Gasteiger partial charge in [-0.25, -0.2) is 4.39 Å².